The summed E-state index contributed by atoms with van der Waals surface area (Å²) in [5.74, 6) is 0. The van der Waals surface area contributed by atoms with Crippen molar-refractivity contribution in [2.75, 3.05) is 0 Å². The van der Waals surface area contributed by atoms with Gasteiger partial charge in [-0.2, -0.15) is 0 Å². The molecule has 0 heterocycles. The smallest absolute Gasteiger partial charge is 0.408 e. The molecule has 4 heteroatoms. The van der Waals surface area contributed by atoms with E-state index in [2.05, 4.69) is 6.58 Å². The van der Waals surface area contributed by atoms with E-state index in [-0.39, 0.29) is 6.04 Å². The first-order valence-electron chi connectivity index (χ1n) is 6.43. The van der Waals surface area contributed by atoms with Crippen molar-refractivity contribution in [2.45, 2.75) is 37.9 Å². The van der Waals surface area contributed by atoms with Crippen LogP contribution in [0.1, 0.15) is 25.3 Å². The molecule has 1 fully saturated rings. The molecular weight excluding hydrogens is 240 g/mol. The van der Waals surface area contributed by atoms with Gasteiger partial charge in [-0.25, -0.2) is 4.79 Å². The summed E-state index contributed by atoms with van der Waals surface area (Å²) < 4.78 is 0. The fourth-order valence-corrected chi connectivity index (χ4v) is 2.52. The zero-order chi connectivity index (χ0) is 14.0. The van der Waals surface area contributed by atoms with Gasteiger partial charge in [-0.1, -0.05) is 42.5 Å². The van der Waals surface area contributed by atoms with Crippen LogP contribution in [0.5, 0.6) is 0 Å². The molecule has 0 bridgehead atoms. The van der Waals surface area contributed by atoms with E-state index in [0.29, 0.717) is 6.54 Å². The summed E-state index contributed by atoms with van der Waals surface area (Å²) in [5, 5.41) is 9.48. The Morgan fingerprint density at radius 2 is 2.05 bits per heavy atom. The van der Waals surface area contributed by atoms with Crippen LogP contribution in [-0.2, 0) is 6.54 Å². The van der Waals surface area contributed by atoms with E-state index in [1.807, 2.05) is 37.3 Å². The lowest BCUT2D eigenvalue weighted by atomic mass is 9.98. The maximum absolute atomic E-state index is 11.6. The minimum Gasteiger partial charge on any atom is -0.465 e. The maximum atomic E-state index is 11.6. The number of hydrogen-bond acceptors (Lipinski definition) is 2. The molecule has 1 atom stereocenters. The molecule has 102 valence electrons. The van der Waals surface area contributed by atoms with Crippen LogP contribution in [0.25, 0.3) is 0 Å². The van der Waals surface area contributed by atoms with Crippen molar-refractivity contribution in [3.8, 4) is 0 Å². The number of carboxylic acid groups (broad SMARTS) is 1. The average Bonchev–Trinajstić information content (AvgIpc) is 3.17. The Kier molecular flexibility index (Phi) is 3.62. The molecule has 2 rings (SSSR count). The van der Waals surface area contributed by atoms with Crippen LogP contribution >= 0.6 is 0 Å². The van der Waals surface area contributed by atoms with Crippen LogP contribution in [0.2, 0.25) is 0 Å². The Bertz CT molecular complexity index is 480. The number of nitrogens with two attached hydrogens (primary N) is 1. The predicted molar refractivity (Wildman–Crippen MR) is 74.8 cm³/mol. The molecule has 1 aromatic rings. The molecule has 1 aliphatic rings. The fourth-order valence-electron chi connectivity index (χ4n) is 2.52. The Hall–Kier alpha value is -1.81. The maximum Gasteiger partial charge on any atom is 0.408 e. The third-order valence-electron chi connectivity index (χ3n) is 3.82. The van der Waals surface area contributed by atoms with Crippen molar-refractivity contribution in [1.29, 1.82) is 0 Å². The van der Waals surface area contributed by atoms with Gasteiger partial charge in [0.05, 0.1) is 5.54 Å². The second-order valence-corrected chi connectivity index (χ2v) is 5.28. The van der Waals surface area contributed by atoms with E-state index in [1.54, 1.807) is 0 Å². The quantitative estimate of drug-likeness (QED) is 0.800. The molecule has 1 aliphatic carbocycles. The lowest BCUT2D eigenvalue weighted by Crippen LogP contribution is -2.52. The van der Waals surface area contributed by atoms with Gasteiger partial charge in [-0.05, 0) is 25.3 Å². The molecule has 0 spiro atoms. The molecule has 3 N–H and O–H groups in total. The van der Waals surface area contributed by atoms with E-state index < -0.39 is 11.6 Å². The highest BCUT2D eigenvalue weighted by Gasteiger charge is 2.54. The van der Waals surface area contributed by atoms with Crippen molar-refractivity contribution in [3.05, 3.63) is 48.0 Å². The molecular formula is C15H20N2O2. The minimum atomic E-state index is -0.918. The van der Waals surface area contributed by atoms with Crippen molar-refractivity contribution in [2.24, 2.45) is 5.73 Å². The lowest BCUT2D eigenvalue weighted by molar-refractivity contribution is 0.106. The van der Waals surface area contributed by atoms with Gasteiger partial charge >= 0.3 is 6.09 Å². The summed E-state index contributed by atoms with van der Waals surface area (Å²) in [6.07, 6.45) is 0.693. The number of nitrogens with zero attached hydrogens (tertiary/aromatic N) is 1. The van der Waals surface area contributed by atoms with Gasteiger partial charge < -0.3 is 10.8 Å². The van der Waals surface area contributed by atoms with Gasteiger partial charge in [0.1, 0.15) is 0 Å². The van der Waals surface area contributed by atoms with Crippen molar-refractivity contribution >= 4 is 6.09 Å². The normalized spacial score (nSPS) is 17.6. The third-order valence-corrected chi connectivity index (χ3v) is 3.82. The van der Waals surface area contributed by atoms with Crippen LogP contribution in [0.15, 0.2) is 42.5 Å². The van der Waals surface area contributed by atoms with Gasteiger partial charge in [0.25, 0.3) is 0 Å². The first kappa shape index (κ1) is 13.6. The van der Waals surface area contributed by atoms with E-state index in [4.69, 9.17) is 5.73 Å². The summed E-state index contributed by atoms with van der Waals surface area (Å²) in [4.78, 5) is 13.0. The topological polar surface area (TPSA) is 66.6 Å². The number of rotatable bonds is 5. The van der Waals surface area contributed by atoms with E-state index in [9.17, 15) is 9.90 Å². The zero-order valence-corrected chi connectivity index (χ0v) is 11.2. The van der Waals surface area contributed by atoms with Gasteiger partial charge in [-0.15, -0.1) is 0 Å². The Morgan fingerprint density at radius 3 is 2.47 bits per heavy atom. The number of benzene rings is 1. The zero-order valence-electron chi connectivity index (χ0n) is 11.2. The van der Waals surface area contributed by atoms with Crippen LogP contribution in [0.3, 0.4) is 0 Å². The molecule has 0 saturated heterocycles. The van der Waals surface area contributed by atoms with Crippen molar-refractivity contribution in [3.63, 3.8) is 0 Å². The average molecular weight is 260 g/mol. The second-order valence-electron chi connectivity index (χ2n) is 5.28. The predicted octanol–water partition coefficient (Wildman–Crippen LogP) is 2.60. The summed E-state index contributed by atoms with van der Waals surface area (Å²) in [6.45, 7) is 6.09. The summed E-state index contributed by atoms with van der Waals surface area (Å²) in [6, 6.07) is 9.30. The fraction of sp³-hybridized carbons (Fsp3) is 0.400. The van der Waals surface area contributed by atoms with Crippen LogP contribution < -0.4 is 5.73 Å². The van der Waals surface area contributed by atoms with Gasteiger partial charge in [0.2, 0.25) is 0 Å². The van der Waals surface area contributed by atoms with Gasteiger partial charge in [0, 0.05) is 12.6 Å². The minimum absolute atomic E-state index is 0.299. The van der Waals surface area contributed by atoms with E-state index in [1.165, 1.54) is 4.90 Å². The molecule has 0 aromatic heterocycles. The third kappa shape index (κ3) is 2.63. The van der Waals surface area contributed by atoms with E-state index >= 15 is 0 Å². The second kappa shape index (κ2) is 5.05. The largest absolute Gasteiger partial charge is 0.465 e. The molecule has 1 aromatic carbocycles. The SMILES string of the molecule is C=C(C)[C@@H](N)C1(N(Cc2ccccc2)C(=O)O)CC1. The van der Waals surface area contributed by atoms with E-state index in [0.717, 1.165) is 24.0 Å². The van der Waals surface area contributed by atoms with Crippen molar-refractivity contribution < 1.29 is 9.90 Å². The summed E-state index contributed by atoms with van der Waals surface area (Å²) >= 11 is 0. The molecule has 4 nitrogen and oxygen atoms in total. The Labute approximate surface area is 113 Å². The van der Waals surface area contributed by atoms with Crippen LogP contribution in [0.4, 0.5) is 4.79 Å². The monoisotopic (exact) mass is 260 g/mol. The summed E-state index contributed by atoms with van der Waals surface area (Å²) in [7, 11) is 0. The van der Waals surface area contributed by atoms with Gasteiger partial charge in [-0.3, -0.25) is 4.90 Å². The summed E-state index contributed by atoms with van der Waals surface area (Å²) in [5.41, 5.74) is 7.49. The molecule has 0 radical (unpaired) electrons. The molecule has 1 saturated carbocycles. The van der Waals surface area contributed by atoms with Gasteiger partial charge in [0.15, 0.2) is 0 Å². The Morgan fingerprint density at radius 1 is 1.47 bits per heavy atom. The molecule has 19 heavy (non-hydrogen) atoms. The van der Waals surface area contributed by atoms with Crippen molar-refractivity contribution in [1.82, 2.24) is 4.90 Å². The number of amides is 1. The molecule has 1 amide bonds. The van der Waals surface area contributed by atoms with Crippen LogP contribution in [-0.4, -0.2) is 27.7 Å². The highest BCUT2D eigenvalue weighted by molar-refractivity contribution is 5.67. The standard InChI is InChI=1S/C15H20N2O2/c1-11(2)13(16)15(8-9-15)17(14(18)19)10-12-6-4-3-5-7-12/h3-7,13H,1,8-10,16H2,2H3,(H,18,19)/t13-/m1/s1. The number of carbonyl (C=O) groups is 1. The Balaban J connectivity index is 2.22. The molecule has 0 aliphatic heterocycles. The first-order valence-corrected chi connectivity index (χ1v) is 6.43. The highest BCUT2D eigenvalue weighted by Crippen LogP contribution is 2.46. The first-order chi connectivity index (χ1) is 8.97. The highest BCUT2D eigenvalue weighted by atomic mass is 16.4. The number of hydrogen-bond donors (Lipinski definition) is 2. The van der Waals surface area contributed by atoms with Crippen LogP contribution in [0, 0.1) is 0 Å². The lowest BCUT2D eigenvalue weighted by Gasteiger charge is -2.34. The molecule has 0 unspecified atom stereocenters.